The Kier molecular flexibility index (Phi) is 3.76. The lowest BCUT2D eigenvalue weighted by atomic mass is 9.62. The Morgan fingerprint density at radius 2 is 2.00 bits per heavy atom. The molecule has 0 aromatic heterocycles. The van der Waals surface area contributed by atoms with Crippen LogP contribution in [0.3, 0.4) is 0 Å². The number of benzene rings is 1. The fourth-order valence-electron chi connectivity index (χ4n) is 4.49. The van der Waals surface area contributed by atoms with Gasteiger partial charge in [0.25, 0.3) is 0 Å². The Hall–Kier alpha value is -1.39. The highest BCUT2D eigenvalue weighted by atomic mass is 16.5. The van der Waals surface area contributed by atoms with Crippen LogP contribution in [-0.4, -0.2) is 38.1 Å². The predicted molar refractivity (Wildman–Crippen MR) is 82.0 cm³/mol. The van der Waals surface area contributed by atoms with Crippen molar-refractivity contribution in [3.8, 4) is 0 Å². The van der Waals surface area contributed by atoms with Crippen LogP contribution in [0.4, 0.5) is 0 Å². The third kappa shape index (κ3) is 2.27. The molecule has 2 bridgehead atoms. The predicted octanol–water partition coefficient (Wildman–Crippen LogP) is 1.99. The van der Waals surface area contributed by atoms with Gasteiger partial charge in [0.1, 0.15) is 5.60 Å². The number of carbonyl (C=O) groups is 1. The molecule has 0 radical (unpaired) electrons. The topological polar surface area (TPSA) is 55.6 Å². The molecule has 4 heteroatoms. The van der Waals surface area contributed by atoms with Crippen molar-refractivity contribution in [1.82, 2.24) is 4.90 Å². The maximum atomic E-state index is 11.5. The smallest absolute Gasteiger partial charge is 0.248 e. The molecule has 1 saturated carbocycles. The van der Waals surface area contributed by atoms with E-state index in [9.17, 15) is 4.79 Å². The van der Waals surface area contributed by atoms with Gasteiger partial charge in [0.15, 0.2) is 0 Å². The minimum Gasteiger partial charge on any atom is -0.373 e. The number of primary amides is 1. The summed E-state index contributed by atoms with van der Waals surface area (Å²) in [6, 6.07) is 7.72. The van der Waals surface area contributed by atoms with E-state index in [0.717, 1.165) is 18.7 Å². The minimum absolute atomic E-state index is 0.268. The number of ether oxygens (including phenoxy) is 1. The average Bonchev–Trinajstić information content (AvgIpc) is 2.46. The van der Waals surface area contributed by atoms with E-state index in [1.807, 2.05) is 19.2 Å². The van der Waals surface area contributed by atoms with Crippen LogP contribution in [0.5, 0.6) is 0 Å². The van der Waals surface area contributed by atoms with Gasteiger partial charge in [0.05, 0.1) is 0 Å². The summed E-state index contributed by atoms with van der Waals surface area (Å²) in [6.07, 6.45) is 3.62. The summed E-state index contributed by atoms with van der Waals surface area (Å²) in [5.41, 5.74) is 6.86. The zero-order chi connectivity index (χ0) is 15.0. The van der Waals surface area contributed by atoms with Crippen LogP contribution in [0, 0.1) is 11.8 Å². The van der Waals surface area contributed by atoms with Gasteiger partial charge in [-0.25, -0.2) is 0 Å². The number of amides is 1. The molecule has 2 fully saturated rings. The number of likely N-dealkylation sites (tertiary alicyclic amines) is 1. The number of rotatable bonds is 3. The SMILES string of the molecule is COC1(c2cccc(C(N)=O)c2)[C@@H]2CCC[C@H]1CN(C)C2. The van der Waals surface area contributed by atoms with Gasteiger partial charge in [-0.2, -0.15) is 0 Å². The molecule has 114 valence electrons. The van der Waals surface area contributed by atoms with Crippen LogP contribution in [0.2, 0.25) is 0 Å². The van der Waals surface area contributed by atoms with Crippen LogP contribution in [-0.2, 0) is 10.3 Å². The van der Waals surface area contributed by atoms with E-state index in [1.165, 1.54) is 19.3 Å². The second kappa shape index (κ2) is 5.43. The van der Waals surface area contributed by atoms with Gasteiger partial charge < -0.3 is 15.4 Å². The van der Waals surface area contributed by atoms with Crippen LogP contribution >= 0.6 is 0 Å². The molecule has 2 aliphatic rings. The normalized spacial score (nSPS) is 32.9. The largest absolute Gasteiger partial charge is 0.373 e. The van der Waals surface area contributed by atoms with E-state index in [0.29, 0.717) is 17.4 Å². The first kappa shape index (κ1) is 14.5. The first-order chi connectivity index (χ1) is 10.1. The fourth-order valence-corrected chi connectivity index (χ4v) is 4.49. The number of hydrogen-bond donors (Lipinski definition) is 1. The lowest BCUT2D eigenvalue weighted by Gasteiger charge is -2.54. The molecule has 0 spiro atoms. The van der Waals surface area contributed by atoms with Gasteiger partial charge >= 0.3 is 0 Å². The van der Waals surface area contributed by atoms with E-state index in [-0.39, 0.29) is 11.5 Å². The number of carbonyl (C=O) groups excluding carboxylic acids is 1. The molecule has 1 heterocycles. The summed E-state index contributed by atoms with van der Waals surface area (Å²) in [5.74, 6) is 0.576. The highest BCUT2D eigenvalue weighted by Crippen LogP contribution is 2.51. The average molecular weight is 288 g/mol. The van der Waals surface area contributed by atoms with Gasteiger partial charge in [-0.15, -0.1) is 0 Å². The molecule has 1 aromatic rings. The fraction of sp³-hybridized carbons (Fsp3) is 0.588. The van der Waals surface area contributed by atoms with Crippen molar-refractivity contribution in [3.63, 3.8) is 0 Å². The van der Waals surface area contributed by atoms with Gasteiger partial charge in [0, 0.05) is 37.6 Å². The molecule has 1 unspecified atom stereocenters. The van der Waals surface area contributed by atoms with E-state index < -0.39 is 0 Å². The highest BCUT2D eigenvalue weighted by molar-refractivity contribution is 5.92. The number of piperidine rings is 1. The number of fused-ring (bicyclic) bond motifs is 2. The summed E-state index contributed by atoms with van der Waals surface area (Å²) in [4.78, 5) is 13.9. The summed E-state index contributed by atoms with van der Waals surface area (Å²) >= 11 is 0. The Labute approximate surface area is 126 Å². The standard InChI is InChI=1S/C17H24N2O2/c1-19-10-14-7-4-8-15(11-19)17(14,21-2)13-6-3-5-12(9-13)16(18)20/h3,5-6,9,14-15H,4,7-8,10-11H2,1-2H3,(H2,18,20)/t14-,15+,17?. The minimum atomic E-state index is -0.374. The van der Waals surface area contributed by atoms with E-state index >= 15 is 0 Å². The summed E-state index contributed by atoms with van der Waals surface area (Å²) in [6.45, 7) is 2.09. The van der Waals surface area contributed by atoms with E-state index in [1.54, 1.807) is 6.07 Å². The van der Waals surface area contributed by atoms with E-state index in [2.05, 4.69) is 18.0 Å². The van der Waals surface area contributed by atoms with Crippen molar-refractivity contribution in [2.24, 2.45) is 17.6 Å². The highest BCUT2D eigenvalue weighted by Gasteiger charge is 2.52. The monoisotopic (exact) mass is 288 g/mol. The molecule has 4 nitrogen and oxygen atoms in total. The molecular weight excluding hydrogens is 264 g/mol. The molecule has 2 N–H and O–H groups in total. The lowest BCUT2D eigenvalue weighted by molar-refractivity contribution is -0.165. The molecule has 21 heavy (non-hydrogen) atoms. The van der Waals surface area contributed by atoms with E-state index in [4.69, 9.17) is 10.5 Å². The molecule has 3 atom stereocenters. The van der Waals surface area contributed by atoms with Gasteiger partial charge in [-0.3, -0.25) is 4.79 Å². The molecule has 1 aromatic carbocycles. The molecular formula is C17H24N2O2. The van der Waals surface area contributed by atoms with Crippen LogP contribution in [0.15, 0.2) is 24.3 Å². The molecule has 1 saturated heterocycles. The lowest BCUT2D eigenvalue weighted by Crippen LogP contribution is -2.58. The zero-order valence-corrected chi connectivity index (χ0v) is 12.8. The third-order valence-corrected chi connectivity index (χ3v) is 5.32. The third-order valence-electron chi connectivity index (χ3n) is 5.32. The Balaban J connectivity index is 2.07. The summed E-state index contributed by atoms with van der Waals surface area (Å²) in [7, 11) is 4.00. The summed E-state index contributed by atoms with van der Waals surface area (Å²) < 4.78 is 6.14. The van der Waals surface area contributed by atoms with Crippen molar-refractivity contribution in [3.05, 3.63) is 35.4 Å². The van der Waals surface area contributed by atoms with Crippen molar-refractivity contribution in [1.29, 1.82) is 0 Å². The Morgan fingerprint density at radius 1 is 1.33 bits per heavy atom. The zero-order valence-electron chi connectivity index (χ0n) is 12.8. The van der Waals surface area contributed by atoms with Crippen molar-refractivity contribution < 1.29 is 9.53 Å². The molecule has 1 aliphatic carbocycles. The number of nitrogens with two attached hydrogens (primary N) is 1. The molecule has 1 aliphatic heterocycles. The van der Waals surface area contributed by atoms with Gasteiger partial charge in [0.2, 0.25) is 5.91 Å². The molecule has 3 rings (SSSR count). The second-order valence-corrected chi connectivity index (χ2v) is 6.49. The second-order valence-electron chi connectivity index (χ2n) is 6.49. The number of methoxy groups -OCH3 is 1. The van der Waals surface area contributed by atoms with Gasteiger partial charge in [-0.1, -0.05) is 18.6 Å². The number of hydrogen-bond acceptors (Lipinski definition) is 3. The van der Waals surface area contributed by atoms with Crippen LogP contribution in [0.25, 0.3) is 0 Å². The first-order valence-corrected chi connectivity index (χ1v) is 7.72. The molecule has 1 amide bonds. The maximum Gasteiger partial charge on any atom is 0.248 e. The van der Waals surface area contributed by atoms with Gasteiger partial charge in [-0.05, 0) is 37.6 Å². The van der Waals surface area contributed by atoms with Crippen LogP contribution in [0.1, 0.15) is 35.2 Å². The van der Waals surface area contributed by atoms with Crippen molar-refractivity contribution >= 4 is 5.91 Å². The van der Waals surface area contributed by atoms with Crippen molar-refractivity contribution in [2.45, 2.75) is 24.9 Å². The quantitative estimate of drug-likeness (QED) is 0.925. The van der Waals surface area contributed by atoms with Crippen LogP contribution < -0.4 is 5.73 Å². The maximum absolute atomic E-state index is 11.5. The Bertz CT molecular complexity index is 529. The first-order valence-electron chi connectivity index (χ1n) is 7.72. The Morgan fingerprint density at radius 3 is 2.57 bits per heavy atom. The number of nitrogens with zero attached hydrogens (tertiary/aromatic N) is 1. The summed E-state index contributed by atoms with van der Waals surface area (Å²) in [5, 5.41) is 0. The van der Waals surface area contributed by atoms with Crippen molar-refractivity contribution in [2.75, 3.05) is 27.2 Å².